The van der Waals surface area contributed by atoms with E-state index in [-0.39, 0.29) is 37.2 Å². The molecule has 0 bridgehead atoms. The molecule has 1 fully saturated rings. The predicted molar refractivity (Wildman–Crippen MR) is 68.1 cm³/mol. The average molecular weight is 280 g/mol. The van der Waals surface area contributed by atoms with Gasteiger partial charge in [-0.25, -0.2) is 4.79 Å². The molecular weight excluding hydrogens is 264 g/mol. The first-order chi connectivity index (χ1) is 9.42. The van der Waals surface area contributed by atoms with Crippen molar-refractivity contribution in [3.8, 4) is 0 Å². The van der Waals surface area contributed by atoms with Crippen LogP contribution in [0.4, 0.5) is 0 Å². The van der Waals surface area contributed by atoms with E-state index in [4.69, 9.17) is 9.52 Å². The normalized spacial score (nSPS) is 15.9. The van der Waals surface area contributed by atoms with Gasteiger partial charge in [-0.3, -0.25) is 9.59 Å². The molecule has 1 aliphatic heterocycles. The third-order valence-electron chi connectivity index (χ3n) is 3.25. The largest absolute Gasteiger partial charge is 0.475 e. The summed E-state index contributed by atoms with van der Waals surface area (Å²) in [5.74, 6) is -1.20. The lowest BCUT2D eigenvalue weighted by Gasteiger charge is -2.32. The van der Waals surface area contributed by atoms with E-state index in [0.29, 0.717) is 17.9 Å². The minimum atomic E-state index is -1.15. The highest BCUT2D eigenvalue weighted by Gasteiger charge is 2.29. The zero-order valence-electron chi connectivity index (χ0n) is 11.4. The summed E-state index contributed by atoms with van der Waals surface area (Å²) in [5, 5.41) is 8.91. The fourth-order valence-electron chi connectivity index (χ4n) is 2.16. The maximum Gasteiger partial charge on any atom is 0.372 e. The number of carboxylic acid groups (broad SMARTS) is 1. The molecule has 2 heterocycles. The number of hydrogen-bond acceptors (Lipinski definition) is 4. The Balaban J connectivity index is 2.10. The van der Waals surface area contributed by atoms with Crippen LogP contribution in [0.5, 0.6) is 0 Å². The molecule has 2 amide bonds. The molecule has 1 aromatic rings. The van der Waals surface area contributed by atoms with Gasteiger partial charge in [0.25, 0.3) is 0 Å². The standard InChI is InChI=1S/C13H16N2O5/c1-3-14-6-11(17)15(7-10(14)16)5-9-4-8(2)12(20-9)13(18)19/h4H,3,5-7H2,1-2H3,(H,18,19). The van der Waals surface area contributed by atoms with Gasteiger partial charge in [-0.1, -0.05) is 0 Å². The summed E-state index contributed by atoms with van der Waals surface area (Å²) < 4.78 is 5.20. The quantitative estimate of drug-likeness (QED) is 0.866. The van der Waals surface area contributed by atoms with Gasteiger partial charge in [0.2, 0.25) is 17.6 Å². The predicted octanol–water partition coefficient (Wildman–Crippen LogP) is 0.477. The number of aromatic carboxylic acids is 1. The summed E-state index contributed by atoms with van der Waals surface area (Å²) in [6, 6.07) is 1.58. The Labute approximate surface area is 115 Å². The highest BCUT2D eigenvalue weighted by atomic mass is 16.4. The Kier molecular flexibility index (Phi) is 3.78. The Morgan fingerprint density at radius 2 is 1.90 bits per heavy atom. The number of likely N-dealkylation sites (N-methyl/N-ethyl adjacent to an activating group) is 1. The second kappa shape index (κ2) is 5.36. The van der Waals surface area contributed by atoms with Gasteiger partial charge in [0.05, 0.1) is 13.1 Å². The summed E-state index contributed by atoms with van der Waals surface area (Å²) in [6.45, 7) is 4.10. The summed E-state index contributed by atoms with van der Waals surface area (Å²) >= 11 is 0. The van der Waals surface area contributed by atoms with Crippen molar-refractivity contribution >= 4 is 17.8 Å². The number of amides is 2. The molecule has 108 valence electrons. The zero-order chi connectivity index (χ0) is 14.9. The van der Waals surface area contributed by atoms with Crippen molar-refractivity contribution in [2.75, 3.05) is 19.6 Å². The van der Waals surface area contributed by atoms with Gasteiger partial charge in [0.1, 0.15) is 12.3 Å². The fourth-order valence-corrected chi connectivity index (χ4v) is 2.16. The molecule has 0 atom stereocenters. The van der Waals surface area contributed by atoms with Crippen LogP contribution in [-0.4, -0.2) is 52.3 Å². The molecule has 7 heteroatoms. The van der Waals surface area contributed by atoms with E-state index >= 15 is 0 Å². The lowest BCUT2D eigenvalue weighted by atomic mass is 10.2. The Morgan fingerprint density at radius 1 is 1.30 bits per heavy atom. The first kappa shape index (κ1) is 14.1. The SMILES string of the molecule is CCN1CC(=O)N(Cc2cc(C)c(C(=O)O)o2)CC1=O. The van der Waals surface area contributed by atoms with E-state index in [9.17, 15) is 14.4 Å². The number of furan rings is 1. The van der Waals surface area contributed by atoms with E-state index in [1.54, 1.807) is 13.0 Å². The van der Waals surface area contributed by atoms with Crippen LogP contribution in [0.3, 0.4) is 0 Å². The Morgan fingerprint density at radius 3 is 2.45 bits per heavy atom. The monoisotopic (exact) mass is 280 g/mol. The van der Waals surface area contributed by atoms with Crippen molar-refractivity contribution in [2.45, 2.75) is 20.4 Å². The summed E-state index contributed by atoms with van der Waals surface area (Å²) in [7, 11) is 0. The van der Waals surface area contributed by atoms with E-state index in [1.165, 1.54) is 9.80 Å². The number of nitrogens with zero attached hydrogens (tertiary/aromatic N) is 2. The van der Waals surface area contributed by atoms with Gasteiger partial charge in [-0.15, -0.1) is 0 Å². The van der Waals surface area contributed by atoms with Crippen molar-refractivity contribution in [1.29, 1.82) is 0 Å². The van der Waals surface area contributed by atoms with Crippen LogP contribution in [0, 0.1) is 6.92 Å². The molecule has 2 rings (SSSR count). The van der Waals surface area contributed by atoms with Gasteiger partial charge in [-0.2, -0.15) is 0 Å². The minimum Gasteiger partial charge on any atom is -0.475 e. The highest BCUT2D eigenvalue weighted by molar-refractivity contribution is 5.92. The molecule has 0 radical (unpaired) electrons. The van der Waals surface area contributed by atoms with Gasteiger partial charge in [0, 0.05) is 12.1 Å². The first-order valence-electron chi connectivity index (χ1n) is 6.30. The maximum atomic E-state index is 11.9. The number of carbonyl (C=O) groups excluding carboxylic acids is 2. The Hall–Kier alpha value is -2.31. The van der Waals surface area contributed by atoms with Gasteiger partial charge in [-0.05, 0) is 19.9 Å². The first-order valence-corrected chi connectivity index (χ1v) is 6.30. The molecule has 1 saturated heterocycles. The lowest BCUT2D eigenvalue weighted by Crippen LogP contribution is -2.53. The smallest absolute Gasteiger partial charge is 0.372 e. The van der Waals surface area contributed by atoms with Crippen LogP contribution >= 0.6 is 0 Å². The zero-order valence-corrected chi connectivity index (χ0v) is 11.4. The van der Waals surface area contributed by atoms with Crippen molar-refractivity contribution < 1.29 is 23.9 Å². The van der Waals surface area contributed by atoms with Crippen molar-refractivity contribution in [3.05, 3.63) is 23.2 Å². The lowest BCUT2D eigenvalue weighted by molar-refractivity contribution is -0.150. The van der Waals surface area contributed by atoms with Gasteiger partial charge in [0.15, 0.2) is 0 Å². The molecular formula is C13H16N2O5. The minimum absolute atomic E-state index is 0.00513. The molecule has 0 saturated carbocycles. The summed E-state index contributed by atoms with van der Waals surface area (Å²) in [4.78, 5) is 37.4. The average Bonchev–Trinajstić information content (AvgIpc) is 2.74. The molecule has 1 aliphatic rings. The number of carbonyl (C=O) groups is 3. The van der Waals surface area contributed by atoms with E-state index < -0.39 is 5.97 Å². The molecule has 0 aliphatic carbocycles. The summed E-state index contributed by atoms with van der Waals surface area (Å²) in [6.07, 6.45) is 0. The van der Waals surface area contributed by atoms with Crippen LogP contribution < -0.4 is 0 Å². The number of hydrogen-bond donors (Lipinski definition) is 1. The molecule has 0 unspecified atom stereocenters. The molecule has 0 aromatic carbocycles. The van der Waals surface area contributed by atoms with Crippen LogP contribution in [0.15, 0.2) is 10.5 Å². The highest BCUT2D eigenvalue weighted by Crippen LogP contribution is 2.17. The number of piperazine rings is 1. The Bertz CT molecular complexity index is 563. The van der Waals surface area contributed by atoms with E-state index in [2.05, 4.69) is 0 Å². The van der Waals surface area contributed by atoms with Gasteiger partial charge < -0.3 is 19.3 Å². The molecule has 1 aromatic heterocycles. The van der Waals surface area contributed by atoms with E-state index in [0.717, 1.165) is 0 Å². The summed E-state index contributed by atoms with van der Waals surface area (Å²) in [5.41, 5.74) is 0.499. The van der Waals surface area contributed by atoms with Crippen LogP contribution in [-0.2, 0) is 16.1 Å². The molecule has 7 nitrogen and oxygen atoms in total. The van der Waals surface area contributed by atoms with Crippen LogP contribution in [0.25, 0.3) is 0 Å². The van der Waals surface area contributed by atoms with E-state index in [1.807, 2.05) is 6.92 Å². The second-order valence-corrected chi connectivity index (χ2v) is 4.69. The van der Waals surface area contributed by atoms with Crippen molar-refractivity contribution in [1.82, 2.24) is 9.80 Å². The molecule has 20 heavy (non-hydrogen) atoms. The third-order valence-corrected chi connectivity index (χ3v) is 3.25. The number of rotatable bonds is 4. The molecule has 0 spiro atoms. The maximum absolute atomic E-state index is 11.9. The third kappa shape index (κ3) is 2.66. The van der Waals surface area contributed by atoms with Crippen LogP contribution in [0.2, 0.25) is 0 Å². The molecule has 1 N–H and O–H groups in total. The fraction of sp³-hybridized carbons (Fsp3) is 0.462. The van der Waals surface area contributed by atoms with Crippen LogP contribution in [0.1, 0.15) is 28.8 Å². The topological polar surface area (TPSA) is 91.1 Å². The second-order valence-electron chi connectivity index (χ2n) is 4.69. The van der Waals surface area contributed by atoms with Gasteiger partial charge >= 0.3 is 5.97 Å². The number of carboxylic acids is 1. The van der Waals surface area contributed by atoms with Crippen molar-refractivity contribution in [2.24, 2.45) is 0 Å². The van der Waals surface area contributed by atoms with Crippen molar-refractivity contribution in [3.63, 3.8) is 0 Å². The number of aryl methyl sites for hydroxylation is 1.